The van der Waals surface area contributed by atoms with E-state index in [0.29, 0.717) is 45.1 Å². The SMILES string of the molecule is CNCCCCC(NC(C)(C)C(=O)COCCOCCN(CC(CCC(=O)O)NC(=O)CCC(NC(=O)C1CCC(CNC(=O)CC(C)(C)CC(C)(C)CC(=O)O)CC1)C(=O)O)ONN)C(N)=O. The van der Waals surface area contributed by atoms with E-state index >= 15 is 0 Å². The van der Waals surface area contributed by atoms with E-state index in [-0.39, 0.29) is 95.7 Å². The van der Waals surface area contributed by atoms with Gasteiger partial charge in [-0.25, -0.2) is 10.6 Å². The molecule has 3 atom stereocenters. The number of amides is 4. The fourth-order valence-electron chi connectivity index (χ4n) is 8.52. The Labute approximate surface area is 400 Å². The van der Waals surface area contributed by atoms with Gasteiger partial charge >= 0.3 is 17.9 Å². The molecule has 23 heteroatoms. The first-order valence-electron chi connectivity index (χ1n) is 23.6. The number of rotatable bonds is 39. The normalized spacial score (nSPS) is 16.9. The lowest BCUT2D eigenvalue weighted by molar-refractivity contribution is -0.220. The first-order chi connectivity index (χ1) is 31.8. The molecule has 392 valence electrons. The van der Waals surface area contributed by atoms with Gasteiger partial charge in [0.05, 0.1) is 37.8 Å². The Balaban J connectivity index is 2.60. The van der Waals surface area contributed by atoms with Gasteiger partial charge in [-0.3, -0.25) is 38.9 Å². The molecular weight excluding hydrogens is 891 g/mol. The Kier molecular flexibility index (Phi) is 28.7. The van der Waals surface area contributed by atoms with E-state index in [2.05, 4.69) is 26.6 Å². The number of carbonyl (C=O) groups is 8. The second kappa shape index (κ2) is 31.7. The Morgan fingerprint density at radius 3 is 1.99 bits per heavy atom. The minimum atomic E-state index is -1.35. The van der Waals surface area contributed by atoms with Crippen LogP contribution in [-0.4, -0.2) is 151 Å². The number of hydrogen-bond acceptors (Lipinski definition) is 16. The summed E-state index contributed by atoms with van der Waals surface area (Å²) in [6, 6.07) is -2.81. The fraction of sp³-hybridized carbons (Fsp3) is 0.822. The number of hydrazine groups is 1. The van der Waals surface area contributed by atoms with E-state index < -0.39 is 76.0 Å². The quantitative estimate of drug-likeness (QED) is 0.0230. The van der Waals surface area contributed by atoms with Crippen LogP contribution in [0, 0.1) is 22.7 Å². The molecule has 0 spiro atoms. The van der Waals surface area contributed by atoms with E-state index in [0.717, 1.165) is 19.4 Å². The van der Waals surface area contributed by atoms with Gasteiger partial charge in [-0.2, -0.15) is 10.0 Å². The minimum Gasteiger partial charge on any atom is -0.481 e. The summed E-state index contributed by atoms with van der Waals surface area (Å²) in [6.07, 6.45) is 4.33. The number of ether oxygens (including phenoxy) is 2. The highest BCUT2D eigenvalue weighted by molar-refractivity contribution is 5.90. The van der Waals surface area contributed by atoms with Crippen molar-refractivity contribution in [2.75, 3.05) is 59.7 Å². The fourth-order valence-corrected chi connectivity index (χ4v) is 8.52. The molecule has 0 radical (unpaired) electrons. The van der Waals surface area contributed by atoms with Gasteiger partial charge in [-0.1, -0.05) is 34.1 Å². The summed E-state index contributed by atoms with van der Waals surface area (Å²) in [5.74, 6) is -0.194. The third-order valence-corrected chi connectivity index (χ3v) is 11.8. The predicted molar refractivity (Wildman–Crippen MR) is 250 cm³/mol. The molecule has 0 aromatic carbocycles. The number of hydrogen-bond donors (Lipinski definition) is 11. The highest BCUT2D eigenvalue weighted by atomic mass is 16.8. The van der Waals surface area contributed by atoms with Crippen molar-refractivity contribution >= 4 is 47.3 Å². The molecule has 68 heavy (non-hydrogen) atoms. The van der Waals surface area contributed by atoms with Gasteiger partial charge in [0.15, 0.2) is 5.78 Å². The average Bonchev–Trinajstić information content (AvgIpc) is 3.22. The Bertz CT molecular complexity index is 1610. The van der Waals surface area contributed by atoms with Gasteiger partial charge in [-0.15, -0.1) is 5.59 Å². The molecule has 4 amide bonds. The highest BCUT2D eigenvalue weighted by Gasteiger charge is 2.35. The Morgan fingerprint density at radius 2 is 1.40 bits per heavy atom. The van der Waals surface area contributed by atoms with Crippen molar-refractivity contribution in [1.82, 2.24) is 37.2 Å². The molecule has 0 heterocycles. The Hall–Kier alpha value is -4.36. The zero-order chi connectivity index (χ0) is 51.5. The zero-order valence-corrected chi connectivity index (χ0v) is 41.4. The van der Waals surface area contributed by atoms with Crippen molar-refractivity contribution in [1.29, 1.82) is 0 Å². The van der Waals surface area contributed by atoms with E-state index in [9.17, 15) is 53.7 Å². The van der Waals surface area contributed by atoms with Crippen LogP contribution in [0.5, 0.6) is 0 Å². The van der Waals surface area contributed by atoms with Crippen LogP contribution in [0.2, 0.25) is 0 Å². The number of carboxylic acid groups (broad SMARTS) is 3. The molecule has 0 aliphatic heterocycles. The lowest BCUT2D eigenvalue weighted by Crippen LogP contribution is -2.56. The van der Waals surface area contributed by atoms with Crippen LogP contribution in [0.4, 0.5) is 0 Å². The van der Waals surface area contributed by atoms with Crippen LogP contribution in [0.25, 0.3) is 0 Å². The summed E-state index contributed by atoms with van der Waals surface area (Å²) in [4.78, 5) is 104. The average molecular weight is 974 g/mol. The van der Waals surface area contributed by atoms with E-state index in [4.69, 9.17) is 26.0 Å². The lowest BCUT2D eigenvalue weighted by atomic mass is 9.71. The van der Waals surface area contributed by atoms with Crippen LogP contribution in [0.1, 0.15) is 131 Å². The number of hydroxylamine groups is 2. The number of carbonyl (C=O) groups excluding carboxylic acids is 5. The number of aliphatic carboxylic acids is 3. The van der Waals surface area contributed by atoms with Gasteiger partial charge in [0.1, 0.15) is 12.6 Å². The highest BCUT2D eigenvalue weighted by Crippen LogP contribution is 2.38. The minimum absolute atomic E-state index is 0.00428. The van der Waals surface area contributed by atoms with Gasteiger partial charge in [0, 0.05) is 50.9 Å². The Morgan fingerprint density at radius 1 is 0.750 bits per heavy atom. The van der Waals surface area contributed by atoms with Gasteiger partial charge in [-0.05, 0) is 102 Å². The molecule has 0 aromatic heterocycles. The lowest BCUT2D eigenvalue weighted by Gasteiger charge is -2.34. The summed E-state index contributed by atoms with van der Waals surface area (Å²) in [7, 11) is 1.84. The largest absolute Gasteiger partial charge is 0.481 e. The smallest absolute Gasteiger partial charge is 0.326 e. The summed E-state index contributed by atoms with van der Waals surface area (Å²) < 4.78 is 11.1. The maximum atomic E-state index is 13.2. The molecule has 23 nitrogen and oxygen atoms in total. The summed E-state index contributed by atoms with van der Waals surface area (Å²) in [6.45, 7) is 12.2. The molecule has 0 saturated heterocycles. The summed E-state index contributed by atoms with van der Waals surface area (Å²) in [5.41, 5.74) is 5.65. The topological polar surface area (TPSA) is 352 Å². The van der Waals surface area contributed by atoms with Crippen LogP contribution < -0.4 is 43.7 Å². The third-order valence-electron chi connectivity index (χ3n) is 11.8. The number of carboxylic acids is 3. The van der Waals surface area contributed by atoms with Crippen LogP contribution >= 0.6 is 0 Å². The number of unbranched alkanes of at least 4 members (excludes halogenated alkanes) is 1. The molecule has 13 N–H and O–H groups in total. The van der Waals surface area contributed by atoms with Crippen molar-refractivity contribution in [3.63, 3.8) is 0 Å². The van der Waals surface area contributed by atoms with Crippen molar-refractivity contribution < 1.29 is 68.1 Å². The molecule has 1 aliphatic carbocycles. The molecule has 1 rings (SSSR count). The number of nitrogens with zero attached hydrogens (tertiary/aromatic N) is 1. The number of ketones is 1. The van der Waals surface area contributed by atoms with Crippen molar-refractivity contribution in [3.05, 3.63) is 0 Å². The van der Waals surface area contributed by atoms with Crippen LogP contribution in [0.15, 0.2) is 0 Å². The molecule has 3 unspecified atom stereocenters. The van der Waals surface area contributed by atoms with E-state index in [1.165, 1.54) is 5.06 Å². The van der Waals surface area contributed by atoms with E-state index in [1.54, 1.807) is 13.8 Å². The molecule has 1 aliphatic rings. The van der Waals surface area contributed by atoms with Crippen molar-refractivity contribution in [3.8, 4) is 0 Å². The first-order valence-corrected chi connectivity index (χ1v) is 23.6. The maximum absolute atomic E-state index is 13.2. The number of nitrogens with one attached hydrogen (secondary N) is 6. The first kappa shape index (κ1) is 61.7. The number of Topliss-reactive ketones (excluding diaryl/α,β-unsaturated/α-hetero) is 1. The maximum Gasteiger partial charge on any atom is 0.326 e. The van der Waals surface area contributed by atoms with Gasteiger partial charge in [0.25, 0.3) is 0 Å². The standard InChI is InChI=1S/C45H83N9O14/c1-43(2,29-44(3,4)25-39(60)61)24-37(57)49-26-30-11-13-31(14-12-30)41(63)51-34(42(64)65)16-17-36(56)50-32(15-18-38(58)59)27-54(68-53-47)20-21-66-22-23-67-28-35(55)45(5,6)52-33(40(46)62)10-8-9-19-48-7/h30-34,48,52-53H,8-29,47H2,1-7H3,(H2,46,62)(H,49,57)(H,50,56)(H,51,63)(H,58,59)(H,60,61)(H,64,65). The summed E-state index contributed by atoms with van der Waals surface area (Å²) in [5, 5.41) is 44.1. The molecule has 1 fully saturated rings. The molecule has 1 saturated carbocycles. The predicted octanol–water partition coefficient (Wildman–Crippen LogP) is 0.741. The second-order valence-corrected chi connectivity index (χ2v) is 19.9. The van der Waals surface area contributed by atoms with Crippen molar-refractivity contribution in [2.45, 2.75) is 155 Å². The zero-order valence-electron chi connectivity index (χ0n) is 41.4. The summed E-state index contributed by atoms with van der Waals surface area (Å²) >= 11 is 0. The number of primary amides is 1. The van der Waals surface area contributed by atoms with Gasteiger partial charge in [0.2, 0.25) is 23.6 Å². The monoisotopic (exact) mass is 974 g/mol. The molecule has 0 aromatic rings. The second-order valence-electron chi connectivity index (χ2n) is 19.9. The molecule has 0 bridgehead atoms. The van der Waals surface area contributed by atoms with Crippen molar-refractivity contribution in [2.24, 2.45) is 34.2 Å². The van der Waals surface area contributed by atoms with Crippen LogP contribution in [0.3, 0.4) is 0 Å². The third kappa shape index (κ3) is 27.6. The number of nitrogens with two attached hydrogens (primary N) is 2. The van der Waals surface area contributed by atoms with E-state index in [1.807, 2.05) is 40.3 Å². The molecular formula is C45H83N9O14. The van der Waals surface area contributed by atoms with Crippen LogP contribution in [-0.2, 0) is 52.8 Å². The van der Waals surface area contributed by atoms with Gasteiger partial charge < -0.3 is 51.8 Å².